The number of ether oxygens (including phenoxy) is 1. The summed E-state index contributed by atoms with van der Waals surface area (Å²) in [6.45, 7) is 3.38. The minimum Gasteiger partial charge on any atom is -0.364 e. The Morgan fingerprint density at radius 1 is 1.31 bits per heavy atom. The average molecular weight is 197 g/mol. The van der Waals surface area contributed by atoms with Gasteiger partial charge in [0.1, 0.15) is 0 Å². The summed E-state index contributed by atoms with van der Waals surface area (Å²) in [4.78, 5) is 0. The van der Waals surface area contributed by atoms with Crippen LogP contribution in [0.5, 0.6) is 0 Å². The van der Waals surface area contributed by atoms with Crippen molar-refractivity contribution in [1.82, 2.24) is 5.32 Å². The monoisotopic (exact) mass is 197 g/mol. The molecule has 0 aromatic carbocycles. The van der Waals surface area contributed by atoms with E-state index in [0.717, 1.165) is 0 Å². The molecule has 3 atom stereocenters. The summed E-state index contributed by atoms with van der Waals surface area (Å²) in [5, 5.41) is 2.79. The fraction of sp³-hybridized carbons (Fsp3) is 1.00. The van der Waals surface area contributed by atoms with Gasteiger partial charge in [0.15, 0.2) is 6.10 Å². The number of nitrogens with one attached hydrogen (secondary N) is 1. The van der Waals surface area contributed by atoms with Gasteiger partial charge in [-0.15, -0.1) is 0 Å². The highest BCUT2D eigenvalue weighted by atomic mass is 19.4. The first-order valence-electron chi connectivity index (χ1n) is 4.35. The third-order valence-corrected chi connectivity index (χ3v) is 2.10. The maximum Gasteiger partial charge on any atom is 0.415 e. The fourth-order valence-corrected chi connectivity index (χ4v) is 1.47. The van der Waals surface area contributed by atoms with Gasteiger partial charge in [-0.2, -0.15) is 13.2 Å². The van der Waals surface area contributed by atoms with Crippen LogP contribution in [0.15, 0.2) is 0 Å². The number of rotatable bonds is 0. The van der Waals surface area contributed by atoms with Gasteiger partial charge in [0.2, 0.25) is 0 Å². The highest BCUT2D eigenvalue weighted by molar-refractivity contribution is 4.79. The average Bonchev–Trinajstić information content (AvgIpc) is 2.09. The van der Waals surface area contributed by atoms with E-state index in [1.54, 1.807) is 6.92 Å². The highest BCUT2D eigenvalue weighted by Gasteiger charge is 2.42. The van der Waals surface area contributed by atoms with Gasteiger partial charge in [-0.3, -0.25) is 0 Å². The largest absolute Gasteiger partial charge is 0.415 e. The van der Waals surface area contributed by atoms with Gasteiger partial charge in [0, 0.05) is 12.6 Å². The van der Waals surface area contributed by atoms with Crippen LogP contribution in [0.2, 0.25) is 0 Å². The summed E-state index contributed by atoms with van der Waals surface area (Å²) in [7, 11) is 0. The van der Waals surface area contributed by atoms with Crippen LogP contribution >= 0.6 is 0 Å². The minimum atomic E-state index is -4.26. The SMILES string of the molecule is CC1CC(C)OC(C(F)(F)F)CN1. The van der Waals surface area contributed by atoms with Crippen molar-refractivity contribution in [2.45, 2.75) is 44.7 Å². The van der Waals surface area contributed by atoms with Crippen molar-refractivity contribution >= 4 is 0 Å². The second kappa shape index (κ2) is 3.84. The van der Waals surface area contributed by atoms with Gasteiger partial charge >= 0.3 is 6.18 Å². The molecule has 1 N–H and O–H groups in total. The number of hydrogen-bond donors (Lipinski definition) is 1. The van der Waals surface area contributed by atoms with E-state index >= 15 is 0 Å². The zero-order chi connectivity index (χ0) is 10.1. The normalized spacial score (nSPS) is 37.2. The molecule has 1 aliphatic rings. The van der Waals surface area contributed by atoms with Crippen molar-refractivity contribution in [1.29, 1.82) is 0 Å². The first-order valence-corrected chi connectivity index (χ1v) is 4.35. The Labute approximate surface area is 75.4 Å². The van der Waals surface area contributed by atoms with Crippen LogP contribution in [0.3, 0.4) is 0 Å². The molecule has 78 valence electrons. The molecule has 0 radical (unpaired) electrons. The first-order chi connectivity index (χ1) is 5.89. The fourth-order valence-electron chi connectivity index (χ4n) is 1.47. The van der Waals surface area contributed by atoms with Gasteiger partial charge in [0.05, 0.1) is 6.10 Å². The molecule has 0 bridgehead atoms. The Hall–Kier alpha value is -0.290. The van der Waals surface area contributed by atoms with Gasteiger partial charge in [-0.1, -0.05) is 0 Å². The standard InChI is InChI=1S/C8H14F3NO/c1-5-3-6(2)13-7(4-12-5)8(9,10)11/h5-7,12H,3-4H2,1-2H3. The molecule has 2 nitrogen and oxygen atoms in total. The summed E-state index contributed by atoms with van der Waals surface area (Å²) in [6, 6.07) is 0.0855. The predicted octanol–water partition coefficient (Wildman–Crippen LogP) is 1.70. The van der Waals surface area contributed by atoms with Crippen molar-refractivity contribution in [3.63, 3.8) is 0 Å². The molecule has 0 aliphatic carbocycles. The molecular formula is C8H14F3NO. The Morgan fingerprint density at radius 2 is 1.92 bits per heavy atom. The summed E-state index contributed by atoms with van der Waals surface area (Å²) in [5.41, 5.74) is 0. The second-order valence-electron chi connectivity index (χ2n) is 3.52. The van der Waals surface area contributed by atoms with Crippen LogP contribution < -0.4 is 5.32 Å². The molecule has 13 heavy (non-hydrogen) atoms. The smallest absolute Gasteiger partial charge is 0.364 e. The number of alkyl halides is 3. The lowest BCUT2D eigenvalue weighted by molar-refractivity contribution is -0.226. The Morgan fingerprint density at radius 3 is 2.46 bits per heavy atom. The molecule has 5 heteroatoms. The van der Waals surface area contributed by atoms with Gasteiger partial charge < -0.3 is 10.1 Å². The van der Waals surface area contributed by atoms with E-state index in [1.807, 2.05) is 6.92 Å². The van der Waals surface area contributed by atoms with Crippen molar-refractivity contribution in [2.24, 2.45) is 0 Å². The van der Waals surface area contributed by atoms with Crippen LogP contribution in [0.4, 0.5) is 13.2 Å². The van der Waals surface area contributed by atoms with Gasteiger partial charge in [-0.05, 0) is 20.3 Å². The second-order valence-corrected chi connectivity index (χ2v) is 3.52. The summed E-state index contributed by atoms with van der Waals surface area (Å²) in [5.74, 6) is 0. The van der Waals surface area contributed by atoms with Gasteiger partial charge in [0.25, 0.3) is 0 Å². The van der Waals surface area contributed by atoms with Crippen molar-refractivity contribution < 1.29 is 17.9 Å². The zero-order valence-electron chi connectivity index (χ0n) is 7.69. The van der Waals surface area contributed by atoms with Crippen molar-refractivity contribution in [2.75, 3.05) is 6.54 Å². The van der Waals surface area contributed by atoms with Crippen LogP contribution in [0.25, 0.3) is 0 Å². The Balaban J connectivity index is 2.58. The molecule has 0 spiro atoms. The lowest BCUT2D eigenvalue weighted by atomic mass is 10.2. The summed E-state index contributed by atoms with van der Waals surface area (Å²) >= 11 is 0. The van der Waals surface area contributed by atoms with E-state index in [4.69, 9.17) is 4.74 Å². The maximum atomic E-state index is 12.3. The topological polar surface area (TPSA) is 21.3 Å². The van der Waals surface area contributed by atoms with E-state index in [2.05, 4.69) is 5.32 Å². The molecule has 3 unspecified atom stereocenters. The molecule has 0 amide bonds. The third-order valence-electron chi connectivity index (χ3n) is 2.10. The molecule has 1 fully saturated rings. The van der Waals surface area contributed by atoms with Crippen LogP contribution in [-0.4, -0.2) is 31.0 Å². The van der Waals surface area contributed by atoms with Crippen LogP contribution in [-0.2, 0) is 4.74 Å². The highest BCUT2D eigenvalue weighted by Crippen LogP contribution is 2.25. The van der Waals surface area contributed by atoms with Gasteiger partial charge in [-0.25, -0.2) is 0 Å². The molecule has 1 aliphatic heterocycles. The minimum absolute atomic E-state index is 0.0855. The number of hydrogen-bond acceptors (Lipinski definition) is 2. The Kier molecular flexibility index (Phi) is 3.18. The van der Waals surface area contributed by atoms with E-state index in [9.17, 15) is 13.2 Å². The maximum absolute atomic E-state index is 12.3. The van der Waals surface area contributed by atoms with E-state index in [-0.39, 0.29) is 18.7 Å². The molecular weight excluding hydrogens is 183 g/mol. The van der Waals surface area contributed by atoms with E-state index in [0.29, 0.717) is 6.42 Å². The van der Waals surface area contributed by atoms with E-state index < -0.39 is 12.3 Å². The van der Waals surface area contributed by atoms with E-state index in [1.165, 1.54) is 0 Å². The lowest BCUT2D eigenvalue weighted by Gasteiger charge is -2.20. The summed E-state index contributed by atoms with van der Waals surface area (Å²) in [6.07, 6.45) is -5.64. The molecule has 1 saturated heterocycles. The Bertz CT molecular complexity index is 171. The molecule has 0 saturated carbocycles. The number of halogens is 3. The van der Waals surface area contributed by atoms with Crippen LogP contribution in [0.1, 0.15) is 20.3 Å². The predicted molar refractivity (Wildman–Crippen MR) is 42.5 cm³/mol. The quantitative estimate of drug-likeness (QED) is 0.638. The molecule has 0 aromatic heterocycles. The first kappa shape index (κ1) is 10.8. The zero-order valence-corrected chi connectivity index (χ0v) is 7.69. The van der Waals surface area contributed by atoms with Crippen LogP contribution in [0, 0.1) is 0 Å². The molecule has 0 aromatic rings. The van der Waals surface area contributed by atoms with Crippen molar-refractivity contribution in [3.05, 3.63) is 0 Å². The lowest BCUT2D eigenvalue weighted by Crippen LogP contribution is -2.40. The third kappa shape index (κ3) is 3.15. The molecule has 1 rings (SSSR count). The van der Waals surface area contributed by atoms with Crippen molar-refractivity contribution in [3.8, 4) is 0 Å². The summed E-state index contributed by atoms with van der Waals surface area (Å²) < 4.78 is 41.6. The molecule has 1 heterocycles.